The molecule has 4 rings (SSSR count). The van der Waals surface area contributed by atoms with Gasteiger partial charge in [-0.25, -0.2) is 0 Å². The lowest BCUT2D eigenvalue weighted by Crippen LogP contribution is -2.51. The van der Waals surface area contributed by atoms with Gasteiger partial charge in [0, 0.05) is 5.92 Å². The summed E-state index contributed by atoms with van der Waals surface area (Å²) in [5, 5.41) is 0. The summed E-state index contributed by atoms with van der Waals surface area (Å²) in [6.45, 7) is 4.77. The number of fused-ring (bicyclic) bond motifs is 2. The van der Waals surface area contributed by atoms with Gasteiger partial charge in [-0.1, -0.05) is 12.1 Å². The lowest BCUT2D eigenvalue weighted by atomic mass is 9.95. The Morgan fingerprint density at radius 1 is 1.14 bits per heavy atom. The number of amides is 1. The molecule has 0 spiro atoms. The molecule has 1 amide bonds. The van der Waals surface area contributed by atoms with Crippen molar-refractivity contribution in [2.45, 2.75) is 51.6 Å². The van der Waals surface area contributed by atoms with E-state index in [1.165, 1.54) is 19.3 Å². The fraction of sp³-hybridized carbons (Fsp3) is 0.632. The third kappa shape index (κ3) is 2.51. The second kappa shape index (κ2) is 5.00. The highest BCUT2D eigenvalue weighted by Crippen LogP contribution is 2.50. The second-order valence-corrected chi connectivity index (χ2v) is 7.86. The van der Waals surface area contributed by atoms with Crippen molar-refractivity contribution in [3.05, 3.63) is 24.3 Å². The first kappa shape index (κ1) is 14.1. The molecule has 0 aromatic heterocycles. The predicted molar refractivity (Wildman–Crippen MR) is 87.1 cm³/mol. The minimum Gasteiger partial charge on any atom is -0.484 e. The molecule has 3 heteroatoms. The fourth-order valence-corrected chi connectivity index (χ4v) is 4.22. The van der Waals surface area contributed by atoms with Gasteiger partial charge in [0.05, 0.1) is 12.2 Å². The molecule has 2 aliphatic carbocycles. The van der Waals surface area contributed by atoms with Crippen LogP contribution in [0.25, 0.3) is 0 Å². The van der Waals surface area contributed by atoms with Crippen molar-refractivity contribution >= 4 is 11.6 Å². The van der Waals surface area contributed by atoms with Gasteiger partial charge in [0.25, 0.3) is 0 Å². The maximum atomic E-state index is 13.1. The van der Waals surface area contributed by atoms with E-state index in [-0.39, 0.29) is 11.5 Å². The van der Waals surface area contributed by atoms with E-state index in [1.54, 1.807) is 0 Å². The van der Waals surface area contributed by atoms with Crippen LogP contribution in [0.2, 0.25) is 0 Å². The topological polar surface area (TPSA) is 29.5 Å². The summed E-state index contributed by atoms with van der Waals surface area (Å²) in [5.74, 6) is 3.20. The Bertz CT molecular complexity index is 583. The van der Waals surface area contributed by atoms with Crippen LogP contribution in [0.4, 0.5) is 5.69 Å². The molecule has 3 nitrogen and oxygen atoms in total. The van der Waals surface area contributed by atoms with Gasteiger partial charge in [-0.15, -0.1) is 0 Å². The molecule has 3 aliphatic rings. The largest absolute Gasteiger partial charge is 0.484 e. The van der Waals surface area contributed by atoms with E-state index in [9.17, 15) is 4.79 Å². The van der Waals surface area contributed by atoms with Crippen LogP contribution in [0.3, 0.4) is 0 Å². The number of anilines is 1. The van der Waals surface area contributed by atoms with Crippen LogP contribution in [0.5, 0.6) is 5.75 Å². The molecular weight excluding hydrogens is 274 g/mol. The Balaban J connectivity index is 1.59. The first-order valence-corrected chi connectivity index (χ1v) is 8.63. The molecule has 1 aromatic carbocycles. The maximum absolute atomic E-state index is 13.1. The lowest BCUT2D eigenvalue weighted by molar-refractivity contribution is -0.123. The maximum Gasteiger partial charge on any atom is 0.230 e. The Labute approximate surface area is 132 Å². The van der Waals surface area contributed by atoms with Gasteiger partial charge >= 0.3 is 0 Å². The Kier molecular flexibility index (Phi) is 3.21. The van der Waals surface area contributed by atoms with E-state index in [1.807, 2.05) is 29.2 Å². The van der Waals surface area contributed by atoms with Crippen molar-refractivity contribution in [1.82, 2.24) is 0 Å². The monoisotopic (exact) mass is 299 g/mol. The third-order valence-corrected chi connectivity index (χ3v) is 5.54. The Morgan fingerprint density at radius 2 is 1.82 bits per heavy atom. The van der Waals surface area contributed by atoms with E-state index >= 15 is 0 Å². The van der Waals surface area contributed by atoms with Crippen LogP contribution in [0, 0.1) is 17.8 Å². The first-order valence-electron chi connectivity index (χ1n) is 8.63. The number of carbonyl (C=O) groups is 1. The van der Waals surface area contributed by atoms with Crippen molar-refractivity contribution in [2.75, 3.05) is 11.4 Å². The molecule has 1 unspecified atom stereocenters. The Hall–Kier alpha value is -1.51. The molecule has 0 bridgehead atoms. The number of ether oxygens (including phenoxy) is 1. The molecule has 0 saturated heterocycles. The highest BCUT2D eigenvalue weighted by molar-refractivity contribution is 5.97. The predicted octanol–water partition coefficient (Wildman–Crippen LogP) is 4.02. The zero-order chi connectivity index (χ0) is 15.3. The van der Waals surface area contributed by atoms with Crippen molar-refractivity contribution < 1.29 is 9.53 Å². The molecule has 3 atom stereocenters. The number of benzene rings is 1. The SMILES string of the molecule is CC1(C)CN(C(=O)C2CC[C@@H]3C[C@@H]3CC2)c2ccccc2O1. The lowest BCUT2D eigenvalue weighted by Gasteiger charge is -2.41. The van der Waals surface area contributed by atoms with Gasteiger partial charge in [0.1, 0.15) is 11.4 Å². The zero-order valence-corrected chi connectivity index (χ0v) is 13.5. The molecular formula is C19H25NO2. The summed E-state index contributed by atoms with van der Waals surface area (Å²) in [5.41, 5.74) is 0.623. The molecule has 1 heterocycles. The van der Waals surface area contributed by atoms with Crippen molar-refractivity contribution in [2.24, 2.45) is 17.8 Å². The van der Waals surface area contributed by atoms with Gasteiger partial charge in [0.15, 0.2) is 0 Å². The van der Waals surface area contributed by atoms with Crippen molar-refractivity contribution in [1.29, 1.82) is 0 Å². The smallest absolute Gasteiger partial charge is 0.230 e. The molecule has 1 aliphatic heterocycles. The quantitative estimate of drug-likeness (QED) is 0.784. The van der Waals surface area contributed by atoms with E-state index < -0.39 is 0 Å². The van der Waals surface area contributed by atoms with Crippen LogP contribution >= 0.6 is 0 Å². The van der Waals surface area contributed by atoms with Crippen molar-refractivity contribution in [3.8, 4) is 5.75 Å². The van der Waals surface area contributed by atoms with E-state index in [2.05, 4.69) is 13.8 Å². The molecule has 2 fully saturated rings. The zero-order valence-electron chi connectivity index (χ0n) is 13.5. The molecule has 2 saturated carbocycles. The summed E-state index contributed by atoms with van der Waals surface area (Å²) in [6, 6.07) is 7.95. The van der Waals surface area contributed by atoms with Gasteiger partial charge < -0.3 is 9.64 Å². The Morgan fingerprint density at radius 3 is 2.55 bits per heavy atom. The van der Waals surface area contributed by atoms with Crippen LogP contribution in [0.15, 0.2) is 24.3 Å². The number of para-hydroxylation sites is 2. The first-order chi connectivity index (χ1) is 10.5. The summed E-state index contributed by atoms with van der Waals surface area (Å²) in [7, 11) is 0. The van der Waals surface area contributed by atoms with Crippen LogP contribution in [-0.4, -0.2) is 18.1 Å². The fourth-order valence-electron chi connectivity index (χ4n) is 4.22. The van der Waals surface area contributed by atoms with Gasteiger partial charge in [-0.3, -0.25) is 4.79 Å². The van der Waals surface area contributed by atoms with Crippen LogP contribution < -0.4 is 9.64 Å². The van der Waals surface area contributed by atoms with E-state index in [0.29, 0.717) is 12.5 Å². The normalized spacial score (nSPS) is 32.3. The van der Waals surface area contributed by atoms with E-state index in [0.717, 1.165) is 36.1 Å². The van der Waals surface area contributed by atoms with Gasteiger partial charge in [-0.2, -0.15) is 0 Å². The average molecular weight is 299 g/mol. The molecule has 0 N–H and O–H groups in total. The summed E-state index contributed by atoms with van der Waals surface area (Å²) >= 11 is 0. The van der Waals surface area contributed by atoms with Crippen LogP contribution in [0.1, 0.15) is 46.0 Å². The minimum atomic E-state index is -0.323. The minimum absolute atomic E-state index is 0.203. The highest BCUT2D eigenvalue weighted by atomic mass is 16.5. The molecule has 0 radical (unpaired) electrons. The third-order valence-electron chi connectivity index (χ3n) is 5.54. The second-order valence-electron chi connectivity index (χ2n) is 7.86. The number of rotatable bonds is 1. The van der Waals surface area contributed by atoms with Crippen molar-refractivity contribution in [3.63, 3.8) is 0 Å². The molecule has 118 valence electrons. The number of nitrogens with zero attached hydrogens (tertiary/aromatic N) is 1. The molecule has 1 aromatic rings. The summed E-state index contributed by atoms with van der Waals surface area (Å²) < 4.78 is 6.04. The van der Waals surface area contributed by atoms with Gasteiger partial charge in [0.2, 0.25) is 5.91 Å². The van der Waals surface area contributed by atoms with Crippen LogP contribution in [-0.2, 0) is 4.79 Å². The standard InChI is InChI=1S/C19H25NO2/c1-19(2)12-20(16-5-3-4-6-17(16)22-19)18(21)13-7-9-14-11-15(14)10-8-13/h3-6,13-15H,7-12H2,1-2H3/t13?,14-,15+. The number of carbonyl (C=O) groups excluding carboxylic acids is 1. The summed E-state index contributed by atoms with van der Waals surface area (Å²) in [6.07, 6.45) is 6.04. The van der Waals surface area contributed by atoms with Gasteiger partial charge in [-0.05, 0) is 69.9 Å². The van der Waals surface area contributed by atoms with E-state index in [4.69, 9.17) is 4.74 Å². The number of hydrogen-bond acceptors (Lipinski definition) is 2. The highest BCUT2D eigenvalue weighted by Gasteiger charge is 2.43. The molecule has 22 heavy (non-hydrogen) atoms. The summed E-state index contributed by atoms with van der Waals surface area (Å²) in [4.78, 5) is 15.1. The number of hydrogen-bond donors (Lipinski definition) is 0. The average Bonchev–Trinajstić information content (AvgIpc) is 3.23.